The third-order valence-electron chi connectivity index (χ3n) is 3.13. The zero-order valence-corrected chi connectivity index (χ0v) is 12.3. The minimum atomic E-state index is -0.630. The SMILES string of the molecule is O=C(NC(CO)CC1OCCO1)c1ccc([N+](=O)[O-])c(Cl)c1. The molecule has 0 spiro atoms. The Morgan fingerprint density at radius 3 is 2.73 bits per heavy atom. The topological polar surface area (TPSA) is 111 Å². The molecule has 1 saturated heterocycles. The van der Waals surface area contributed by atoms with E-state index in [0.717, 1.165) is 6.07 Å². The van der Waals surface area contributed by atoms with Gasteiger partial charge in [0.15, 0.2) is 6.29 Å². The van der Waals surface area contributed by atoms with E-state index in [1.54, 1.807) is 0 Å². The van der Waals surface area contributed by atoms with Gasteiger partial charge in [0.05, 0.1) is 30.8 Å². The molecule has 2 N–H and O–H groups in total. The molecule has 0 bridgehead atoms. The van der Waals surface area contributed by atoms with Crippen LogP contribution in [0.3, 0.4) is 0 Å². The van der Waals surface area contributed by atoms with Gasteiger partial charge in [-0.3, -0.25) is 14.9 Å². The lowest BCUT2D eigenvalue weighted by atomic mass is 10.1. The second-order valence-corrected chi connectivity index (χ2v) is 5.09. The maximum absolute atomic E-state index is 12.1. The van der Waals surface area contributed by atoms with Crippen molar-refractivity contribution in [1.29, 1.82) is 0 Å². The zero-order valence-electron chi connectivity index (χ0n) is 11.5. The Morgan fingerprint density at radius 1 is 1.50 bits per heavy atom. The Kier molecular flexibility index (Phi) is 5.67. The summed E-state index contributed by atoms with van der Waals surface area (Å²) in [6, 6.07) is 3.13. The molecule has 0 aromatic heterocycles. The summed E-state index contributed by atoms with van der Waals surface area (Å²) in [4.78, 5) is 22.1. The van der Waals surface area contributed by atoms with Crippen molar-refractivity contribution in [3.63, 3.8) is 0 Å². The van der Waals surface area contributed by atoms with Crippen molar-refractivity contribution in [2.24, 2.45) is 0 Å². The number of nitro groups is 1. The molecule has 1 atom stereocenters. The predicted octanol–water partition coefficient (Wildman–Crippen LogP) is 1.10. The average molecular weight is 331 g/mol. The fourth-order valence-electron chi connectivity index (χ4n) is 2.02. The number of nitrogens with zero attached hydrogens (tertiary/aromatic N) is 1. The van der Waals surface area contributed by atoms with Gasteiger partial charge in [0, 0.05) is 18.1 Å². The lowest BCUT2D eigenvalue weighted by Gasteiger charge is -2.19. The number of nitrogens with one attached hydrogen (secondary N) is 1. The molecule has 1 fully saturated rings. The van der Waals surface area contributed by atoms with Gasteiger partial charge in [0.25, 0.3) is 11.6 Å². The first-order valence-corrected chi connectivity index (χ1v) is 6.98. The van der Waals surface area contributed by atoms with Gasteiger partial charge in [-0.15, -0.1) is 0 Å². The van der Waals surface area contributed by atoms with Gasteiger partial charge in [0.1, 0.15) is 5.02 Å². The molecule has 8 nitrogen and oxygen atoms in total. The normalized spacial score (nSPS) is 16.5. The Labute approximate surface area is 131 Å². The van der Waals surface area contributed by atoms with Crippen LogP contribution in [0.5, 0.6) is 0 Å². The number of rotatable bonds is 6. The lowest BCUT2D eigenvalue weighted by molar-refractivity contribution is -0.384. The molecule has 2 rings (SSSR count). The van der Waals surface area contributed by atoms with Crippen LogP contribution in [0.1, 0.15) is 16.8 Å². The molecule has 1 aliphatic heterocycles. The van der Waals surface area contributed by atoms with Crippen LogP contribution in [0, 0.1) is 10.1 Å². The maximum Gasteiger partial charge on any atom is 0.287 e. The summed E-state index contributed by atoms with van der Waals surface area (Å²) in [7, 11) is 0. The third kappa shape index (κ3) is 4.14. The summed E-state index contributed by atoms with van der Waals surface area (Å²) in [5.41, 5.74) is -0.105. The van der Waals surface area contributed by atoms with Gasteiger partial charge in [-0.05, 0) is 12.1 Å². The number of benzene rings is 1. The minimum absolute atomic E-state index is 0.124. The summed E-state index contributed by atoms with van der Waals surface area (Å²) in [6.45, 7) is 0.680. The zero-order chi connectivity index (χ0) is 16.1. The van der Waals surface area contributed by atoms with E-state index in [1.165, 1.54) is 12.1 Å². The highest BCUT2D eigenvalue weighted by Gasteiger charge is 2.23. The molecule has 1 aliphatic rings. The Bertz CT molecular complexity index is 561. The fraction of sp³-hybridized carbons (Fsp3) is 0.462. The summed E-state index contributed by atoms with van der Waals surface area (Å²) in [6.07, 6.45) is -0.152. The summed E-state index contributed by atoms with van der Waals surface area (Å²) in [5, 5.41) is 22.5. The molecule has 22 heavy (non-hydrogen) atoms. The molecular weight excluding hydrogens is 316 g/mol. The highest BCUT2D eigenvalue weighted by molar-refractivity contribution is 6.33. The van der Waals surface area contributed by atoms with E-state index in [2.05, 4.69) is 5.32 Å². The minimum Gasteiger partial charge on any atom is -0.394 e. The average Bonchev–Trinajstić information content (AvgIpc) is 2.98. The summed E-state index contributed by atoms with van der Waals surface area (Å²) < 4.78 is 10.5. The standard InChI is InChI=1S/C13H15ClN2O6/c14-10-5-8(1-2-11(10)16(19)20)13(18)15-9(7-17)6-12-21-3-4-22-12/h1-2,5,9,12,17H,3-4,6-7H2,(H,15,18). The van der Waals surface area contributed by atoms with E-state index < -0.39 is 23.2 Å². The van der Waals surface area contributed by atoms with Crippen molar-refractivity contribution in [1.82, 2.24) is 5.32 Å². The molecule has 1 amide bonds. The molecular formula is C13H15ClN2O6. The number of carbonyl (C=O) groups excluding carboxylic acids is 1. The lowest BCUT2D eigenvalue weighted by Crippen LogP contribution is -2.40. The molecule has 1 heterocycles. The number of carbonyl (C=O) groups is 1. The first-order chi connectivity index (χ1) is 10.5. The van der Waals surface area contributed by atoms with Gasteiger partial charge < -0.3 is 19.9 Å². The van der Waals surface area contributed by atoms with Crippen molar-refractivity contribution in [2.75, 3.05) is 19.8 Å². The number of ether oxygens (including phenoxy) is 2. The van der Waals surface area contributed by atoms with Crippen LogP contribution in [0.15, 0.2) is 18.2 Å². The summed E-state index contributed by atoms with van der Waals surface area (Å²) in [5.74, 6) is -0.492. The van der Waals surface area contributed by atoms with E-state index in [4.69, 9.17) is 21.1 Å². The van der Waals surface area contributed by atoms with Crippen LogP contribution >= 0.6 is 11.6 Å². The molecule has 1 aromatic rings. The van der Waals surface area contributed by atoms with E-state index in [-0.39, 0.29) is 22.9 Å². The molecule has 1 unspecified atom stereocenters. The number of aliphatic hydroxyl groups excluding tert-OH is 1. The molecule has 9 heteroatoms. The number of nitro benzene ring substituents is 1. The first kappa shape index (κ1) is 16.6. The third-order valence-corrected chi connectivity index (χ3v) is 3.43. The van der Waals surface area contributed by atoms with Gasteiger partial charge in [-0.2, -0.15) is 0 Å². The van der Waals surface area contributed by atoms with Crippen LogP contribution in [-0.2, 0) is 9.47 Å². The first-order valence-electron chi connectivity index (χ1n) is 6.60. The number of aliphatic hydroxyl groups is 1. The van der Waals surface area contributed by atoms with Crippen molar-refractivity contribution in [3.8, 4) is 0 Å². The van der Waals surface area contributed by atoms with Gasteiger partial charge in [0.2, 0.25) is 0 Å². The summed E-state index contributed by atoms with van der Waals surface area (Å²) >= 11 is 5.77. The van der Waals surface area contributed by atoms with Crippen molar-refractivity contribution in [3.05, 3.63) is 38.9 Å². The van der Waals surface area contributed by atoms with E-state index in [9.17, 15) is 20.0 Å². The number of amides is 1. The number of halogens is 1. The second kappa shape index (κ2) is 7.50. The maximum atomic E-state index is 12.1. The van der Waals surface area contributed by atoms with Crippen molar-refractivity contribution >= 4 is 23.2 Å². The molecule has 120 valence electrons. The predicted molar refractivity (Wildman–Crippen MR) is 76.8 cm³/mol. The van der Waals surface area contributed by atoms with Crippen LogP contribution in [-0.4, -0.2) is 48.1 Å². The quantitative estimate of drug-likeness (QED) is 0.597. The molecule has 0 aliphatic carbocycles. The van der Waals surface area contributed by atoms with Gasteiger partial charge >= 0.3 is 0 Å². The van der Waals surface area contributed by atoms with Crippen LogP contribution in [0.2, 0.25) is 5.02 Å². The van der Waals surface area contributed by atoms with Crippen LogP contribution < -0.4 is 5.32 Å². The molecule has 0 radical (unpaired) electrons. The molecule has 1 aromatic carbocycles. The monoisotopic (exact) mass is 330 g/mol. The Balaban J connectivity index is 2.00. The van der Waals surface area contributed by atoms with Crippen LogP contribution in [0.25, 0.3) is 0 Å². The van der Waals surface area contributed by atoms with Crippen molar-refractivity contribution in [2.45, 2.75) is 18.8 Å². The van der Waals surface area contributed by atoms with E-state index in [1.807, 2.05) is 0 Å². The van der Waals surface area contributed by atoms with Gasteiger partial charge in [-0.25, -0.2) is 0 Å². The highest BCUT2D eigenvalue weighted by Crippen LogP contribution is 2.25. The van der Waals surface area contributed by atoms with E-state index in [0.29, 0.717) is 19.6 Å². The van der Waals surface area contributed by atoms with Gasteiger partial charge in [-0.1, -0.05) is 11.6 Å². The largest absolute Gasteiger partial charge is 0.394 e. The van der Waals surface area contributed by atoms with Crippen molar-refractivity contribution < 1.29 is 24.3 Å². The molecule has 0 saturated carbocycles. The Hall–Kier alpha value is -1.74. The van der Waals surface area contributed by atoms with E-state index >= 15 is 0 Å². The number of hydrogen-bond acceptors (Lipinski definition) is 6. The number of hydrogen-bond donors (Lipinski definition) is 2. The highest BCUT2D eigenvalue weighted by atomic mass is 35.5. The van der Waals surface area contributed by atoms with Crippen LogP contribution in [0.4, 0.5) is 5.69 Å². The smallest absolute Gasteiger partial charge is 0.287 e. The second-order valence-electron chi connectivity index (χ2n) is 4.68. The Morgan fingerprint density at radius 2 is 2.18 bits per heavy atom. The fourth-order valence-corrected chi connectivity index (χ4v) is 2.27.